The Balaban J connectivity index is 1.05. The van der Waals surface area contributed by atoms with E-state index in [0.717, 1.165) is 60.0 Å². The zero-order valence-corrected chi connectivity index (χ0v) is 31.2. The second-order valence-corrected chi connectivity index (χ2v) is 15.4. The van der Waals surface area contributed by atoms with Gasteiger partial charge in [-0.1, -0.05) is 133 Å². The Labute approximate surface area is 330 Å². The fraction of sp³-hybridized carbons (Fsp3) is 0. The Kier molecular flexibility index (Phi) is 7.03. The largest absolute Gasteiger partial charge is 0.456 e. The van der Waals surface area contributed by atoms with E-state index in [-0.39, 0.29) is 0 Å². The molecule has 0 aliphatic heterocycles. The van der Waals surface area contributed by atoms with Gasteiger partial charge in [-0.3, -0.25) is 0 Å². The fourth-order valence-electron chi connectivity index (χ4n) is 8.54. The fourth-order valence-corrected chi connectivity index (χ4v) is 9.78. The zero-order chi connectivity index (χ0) is 37.5. The summed E-state index contributed by atoms with van der Waals surface area (Å²) in [6, 6.07) is 63.6. The molecule has 4 aromatic heterocycles. The summed E-state index contributed by atoms with van der Waals surface area (Å²) in [4.78, 5) is 15.5. The van der Waals surface area contributed by atoms with Gasteiger partial charge in [0.15, 0.2) is 17.5 Å². The third kappa shape index (κ3) is 4.98. The molecule has 5 nitrogen and oxygen atoms in total. The van der Waals surface area contributed by atoms with Crippen molar-refractivity contribution in [2.75, 3.05) is 0 Å². The molecule has 12 rings (SSSR count). The van der Waals surface area contributed by atoms with E-state index in [1.807, 2.05) is 30.3 Å². The van der Waals surface area contributed by atoms with E-state index in [4.69, 9.17) is 19.4 Å². The number of hydrogen-bond donors (Lipinski definition) is 0. The predicted molar refractivity (Wildman–Crippen MR) is 236 cm³/mol. The monoisotopic (exact) mass is 746 g/mol. The summed E-state index contributed by atoms with van der Waals surface area (Å²) >= 11 is 1.78. The molecule has 0 saturated heterocycles. The van der Waals surface area contributed by atoms with Crippen molar-refractivity contribution in [3.8, 4) is 51.0 Å². The van der Waals surface area contributed by atoms with E-state index in [9.17, 15) is 0 Å². The van der Waals surface area contributed by atoms with Crippen LogP contribution in [0, 0.1) is 0 Å². The van der Waals surface area contributed by atoms with Crippen LogP contribution in [-0.2, 0) is 0 Å². The van der Waals surface area contributed by atoms with Crippen LogP contribution in [0.5, 0.6) is 0 Å². The molecule has 0 fully saturated rings. The highest BCUT2D eigenvalue weighted by atomic mass is 32.1. The molecule has 6 heteroatoms. The highest BCUT2D eigenvalue weighted by Gasteiger charge is 2.21. The number of rotatable bonds is 5. The van der Waals surface area contributed by atoms with Crippen molar-refractivity contribution in [1.29, 1.82) is 0 Å². The first-order chi connectivity index (χ1) is 28.3. The number of thiophene rings is 1. The van der Waals surface area contributed by atoms with Crippen LogP contribution in [-0.4, -0.2) is 19.5 Å². The Bertz CT molecular complexity index is 3470. The normalized spacial score (nSPS) is 11.9. The molecule has 8 aromatic carbocycles. The van der Waals surface area contributed by atoms with Crippen LogP contribution in [0.25, 0.3) is 115 Å². The molecule has 0 aliphatic carbocycles. The van der Waals surface area contributed by atoms with Crippen LogP contribution < -0.4 is 0 Å². The van der Waals surface area contributed by atoms with Crippen LogP contribution in [0.4, 0.5) is 0 Å². The van der Waals surface area contributed by atoms with E-state index >= 15 is 0 Å². The van der Waals surface area contributed by atoms with Crippen molar-refractivity contribution in [3.05, 3.63) is 182 Å². The molecule has 0 radical (unpaired) electrons. The standard InChI is InChI=1S/C51H30N4OS/c1-3-14-31(15-4-1)34-20-12-27-45-46(34)38-21-11-22-39(48(38)57-45)51-53-49(32-16-5-2-6-17-32)52-50(54-51)33-28-29-37-44(30-33)56-43-26-13-25-42(47(37)43)55-40-23-9-7-18-35(40)36-19-8-10-24-41(36)55/h1-30H. The van der Waals surface area contributed by atoms with Crippen LogP contribution in [0.2, 0.25) is 0 Å². The molecule has 266 valence electrons. The third-order valence-corrected chi connectivity index (χ3v) is 12.3. The van der Waals surface area contributed by atoms with Gasteiger partial charge in [0.25, 0.3) is 0 Å². The van der Waals surface area contributed by atoms with Gasteiger partial charge in [0.2, 0.25) is 0 Å². The maximum absolute atomic E-state index is 6.66. The summed E-state index contributed by atoms with van der Waals surface area (Å²) in [6.07, 6.45) is 0. The Morgan fingerprint density at radius 2 is 1.02 bits per heavy atom. The van der Waals surface area contributed by atoms with E-state index in [2.05, 4.69) is 156 Å². The van der Waals surface area contributed by atoms with Gasteiger partial charge in [-0.25, -0.2) is 15.0 Å². The Morgan fingerprint density at radius 1 is 0.404 bits per heavy atom. The van der Waals surface area contributed by atoms with Gasteiger partial charge >= 0.3 is 0 Å². The minimum Gasteiger partial charge on any atom is -0.456 e. The molecule has 0 unspecified atom stereocenters. The third-order valence-electron chi connectivity index (χ3n) is 11.1. The van der Waals surface area contributed by atoms with Crippen LogP contribution in [0.3, 0.4) is 0 Å². The predicted octanol–water partition coefficient (Wildman–Crippen LogP) is 13.9. The molecule has 0 N–H and O–H groups in total. The van der Waals surface area contributed by atoms with Gasteiger partial charge < -0.3 is 8.98 Å². The maximum Gasteiger partial charge on any atom is 0.165 e. The number of fused-ring (bicyclic) bond motifs is 9. The van der Waals surface area contributed by atoms with Gasteiger partial charge in [-0.05, 0) is 59.7 Å². The van der Waals surface area contributed by atoms with Gasteiger partial charge in [-0.15, -0.1) is 11.3 Å². The highest BCUT2D eigenvalue weighted by molar-refractivity contribution is 7.26. The quantitative estimate of drug-likeness (QED) is 0.176. The van der Waals surface area contributed by atoms with Crippen molar-refractivity contribution in [2.24, 2.45) is 0 Å². The lowest BCUT2D eigenvalue weighted by Gasteiger charge is -2.10. The topological polar surface area (TPSA) is 56.7 Å². The number of aromatic nitrogens is 4. The number of para-hydroxylation sites is 2. The zero-order valence-electron chi connectivity index (χ0n) is 30.4. The maximum atomic E-state index is 6.66. The summed E-state index contributed by atoms with van der Waals surface area (Å²) in [5.74, 6) is 1.85. The van der Waals surface area contributed by atoms with Crippen molar-refractivity contribution in [3.63, 3.8) is 0 Å². The van der Waals surface area contributed by atoms with E-state index in [0.29, 0.717) is 17.5 Å². The molecule has 0 atom stereocenters. The first-order valence-corrected chi connectivity index (χ1v) is 19.8. The number of hydrogen-bond acceptors (Lipinski definition) is 5. The molecule has 4 heterocycles. The second-order valence-electron chi connectivity index (χ2n) is 14.3. The minimum atomic E-state index is 0.590. The molecular weight excluding hydrogens is 717 g/mol. The molecule has 0 saturated carbocycles. The summed E-state index contributed by atoms with van der Waals surface area (Å²) in [7, 11) is 0. The number of nitrogens with zero attached hydrogens (tertiary/aromatic N) is 4. The first kappa shape index (κ1) is 31.9. The number of furan rings is 1. The van der Waals surface area contributed by atoms with E-state index in [1.54, 1.807) is 11.3 Å². The van der Waals surface area contributed by atoms with Crippen molar-refractivity contribution < 1.29 is 4.42 Å². The van der Waals surface area contributed by atoms with Gasteiger partial charge in [0, 0.05) is 53.0 Å². The average molecular weight is 747 g/mol. The smallest absolute Gasteiger partial charge is 0.165 e. The molecule has 57 heavy (non-hydrogen) atoms. The van der Waals surface area contributed by atoms with Crippen molar-refractivity contribution >= 4 is 75.3 Å². The van der Waals surface area contributed by atoms with Gasteiger partial charge in [0.05, 0.1) is 22.1 Å². The van der Waals surface area contributed by atoms with Gasteiger partial charge in [-0.2, -0.15) is 0 Å². The lowest BCUT2D eigenvalue weighted by atomic mass is 9.99. The van der Waals surface area contributed by atoms with Gasteiger partial charge in [0.1, 0.15) is 11.2 Å². The summed E-state index contributed by atoms with van der Waals surface area (Å²) < 4.78 is 11.4. The SMILES string of the molecule is c1ccc(-c2nc(-c3ccc4c(c3)oc3cccc(-n5c6ccccc6c6ccccc65)c34)nc(-c3cccc4c3sc3cccc(-c5ccccc5)c34)n2)cc1. The molecule has 0 aliphatic rings. The minimum absolute atomic E-state index is 0.590. The van der Waals surface area contributed by atoms with Crippen LogP contribution in [0.1, 0.15) is 0 Å². The average Bonchev–Trinajstić information content (AvgIpc) is 3.96. The van der Waals surface area contributed by atoms with E-state index in [1.165, 1.54) is 37.4 Å². The van der Waals surface area contributed by atoms with Crippen LogP contribution in [0.15, 0.2) is 186 Å². The molecule has 0 bridgehead atoms. The lowest BCUT2D eigenvalue weighted by molar-refractivity contribution is 0.669. The highest BCUT2D eigenvalue weighted by Crippen LogP contribution is 2.44. The molecule has 12 aromatic rings. The molecular formula is C51H30N4OS. The summed E-state index contributed by atoms with van der Waals surface area (Å²) in [5, 5.41) is 6.99. The van der Waals surface area contributed by atoms with Crippen LogP contribution >= 0.6 is 11.3 Å². The Morgan fingerprint density at radius 3 is 1.79 bits per heavy atom. The van der Waals surface area contributed by atoms with E-state index < -0.39 is 0 Å². The summed E-state index contributed by atoms with van der Waals surface area (Å²) in [6.45, 7) is 0. The first-order valence-electron chi connectivity index (χ1n) is 19.0. The second kappa shape index (κ2) is 12.6. The molecule has 0 spiro atoms. The van der Waals surface area contributed by atoms with Crippen molar-refractivity contribution in [1.82, 2.24) is 19.5 Å². The van der Waals surface area contributed by atoms with Crippen molar-refractivity contribution in [2.45, 2.75) is 0 Å². The lowest BCUT2D eigenvalue weighted by Crippen LogP contribution is -2.00. The summed E-state index contributed by atoms with van der Waals surface area (Å²) in [5.41, 5.74) is 10.2. The number of benzene rings is 8. The Hall–Kier alpha value is -7.41. The molecule has 0 amide bonds.